The molecule has 0 radical (unpaired) electrons. The van der Waals surface area contributed by atoms with E-state index in [0.29, 0.717) is 33.1 Å². The molecule has 2 aromatic heterocycles. The van der Waals surface area contributed by atoms with Crippen LogP contribution in [0.5, 0.6) is 5.75 Å². The number of carbonyl (C=O) groups is 2. The van der Waals surface area contributed by atoms with Gasteiger partial charge in [-0.1, -0.05) is 42.1 Å². The first kappa shape index (κ1) is 22.5. The Balaban J connectivity index is 1.55. The number of benzene rings is 2. The standard InChI is InChI=1S/C22H20N6O3S2/c1-31-17-10-6-5-9-16(17)28-18(13-24-20(30)15-7-3-2-4-8-15)26-27-22(28)33-14-19(29)25-21-23-11-12-32-21/h2-12H,13-14H2,1H3,(H,24,30)(H,23,25,29). The molecule has 0 fully saturated rings. The number of thioether (sulfide) groups is 1. The first-order valence-corrected chi connectivity index (χ1v) is 11.8. The fraction of sp³-hybridized carbons (Fsp3) is 0.136. The Kier molecular flexibility index (Phi) is 7.33. The van der Waals surface area contributed by atoms with Crippen molar-refractivity contribution in [3.63, 3.8) is 0 Å². The van der Waals surface area contributed by atoms with Gasteiger partial charge >= 0.3 is 0 Å². The van der Waals surface area contributed by atoms with Crippen LogP contribution < -0.4 is 15.4 Å². The number of carbonyl (C=O) groups excluding carboxylic acids is 2. The second-order valence-corrected chi connectivity index (χ2v) is 8.47. The molecule has 168 valence electrons. The van der Waals surface area contributed by atoms with Gasteiger partial charge in [-0.05, 0) is 24.3 Å². The fourth-order valence-corrected chi connectivity index (χ4v) is 4.30. The molecule has 4 rings (SSSR count). The van der Waals surface area contributed by atoms with Gasteiger partial charge in [0.15, 0.2) is 16.1 Å². The summed E-state index contributed by atoms with van der Waals surface area (Å²) >= 11 is 2.58. The van der Waals surface area contributed by atoms with Crippen molar-refractivity contribution in [3.05, 3.63) is 77.6 Å². The monoisotopic (exact) mass is 480 g/mol. The van der Waals surface area contributed by atoms with E-state index in [-0.39, 0.29) is 24.1 Å². The van der Waals surface area contributed by atoms with E-state index in [9.17, 15) is 9.59 Å². The molecule has 0 saturated carbocycles. The number of hydrogen-bond acceptors (Lipinski definition) is 8. The molecule has 0 saturated heterocycles. The number of para-hydroxylation sites is 2. The van der Waals surface area contributed by atoms with Gasteiger partial charge in [0, 0.05) is 17.1 Å². The summed E-state index contributed by atoms with van der Waals surface area (Å²) in [5.41, 5.74) is 1.26. The van der Waals surface area contributed by atoms with Crippen molar-refractivity contribution < 1.29 is 14.3 Å². The first-order valence-electron chi connectivity index (χ1n) is 9.89. The van der Waals surface area contributed by atoms with E-state index in [0.717, 1.165) is 0 Å². The molecule has 2 N–H and O–H groups in total. The first-order chi connectivity index (χ1) is 16.2. The van der Waals surface area contributed by atoms with Crippen molar-refractivity contribution in [2.75, 3.05) is 18.2 Å². The number of aromatic nitrogens is 4. The van der Waals surface area contributed by atoms with Crippen molar-refractivity contribution in [1.29, 1.82) is 0 Å². The lowest BCUT2D eigenvalue weighted by molar-refractivity contribution is -0.113. The third-order valence-electron chi connectivity index (χ3n) is 4.48. The molecular formula is C22H20N6O3S2. The zero-order valence-corrected chi connectivity index (χ0v) is 19.2. The summed E-state index contributed by atoms with van der Waals surface area (Å²) in [4.78, 5) is 28.9. The molecule has 0 bridgehead atoms. The van der Waals surface area contributed by atoms with Crippen molar-refractivity contribution in [3.8, 4) is 11.4 Å². The van der Waals surface area contributed by atoms with Crippen molar-refractivity contribution in [1.82, 2.24) is 25.1 Å². The highest BCUT2D eigenvalue weighted by Gasteiger charge is 2.19. The summed E-state index contributed by atoms with van der Waals surface area (Å²) in [7, 11) is 1.58. The second-order valence-electron chi connectivity index (χ2n) is 6.63. The molecule has 0 aliphatic rings. The summed E-state index contributed by atoms with van der Waals surface area (Å²) in [5.74, 6) is 0.808. The van der Waals surface area contributed by atoms with E-state index in [1.54, 1.807) is 47.5 Å². The molecule has 0 spiro atoms. The van der Waals surface area contributed by atoms with Gasteiger partial charge in [0.05, 0.1) is 25.1 Å². The predicted octanol–water partition coefficient (Wildman–Crippen LogP) is 3.39. The Labute approximate surface area is 198 Å². The Hall–Kier alpha value is -3.70. The Morgan fingerprint density at radius 3 is 2.64 bits per heavy atom. The zero-order chi connectivity index (χ0) is 23.0. The highest BCUT2D eigenvalue weighted by molar-refractivity contribution is 7.99. The van der Waals surface area contributed by atoms with E-state index in [1.807, 2.05) is 30.3 Å². The van der Waals surface area contributed by atoms with E-state index < -0.39 is 0 Å². The maximum Gasteiger partial charge on any atom is 0.251 e. The van der Waals surface area contributed by atoms with Crippen molar-refractivity contribution >= 4 is 40.0 Å². The van der Waals surface area contributed by atoms with Crippen LogP contribution in [0, 0.1) is 0 Å². The third kappa shape index (κ3) is 5.57. The molecule has 0 atom stereocenters. The quantitative estimate of drug-likeness (QED) is 0.353. The van der Waals surface area contributed by atoms with Gasteiger partial charge in [0.25, 0.3) is 5.91 Å². The third-order valence-corrected chi connectivity index (χ3v) is 6.10. The van der Waals surface area contributed by atoms with Gasteiger partial charge in [-0.3, -0.25) is 14.2 Å². The van der Waals surface area contributed by atoms with Crippen LogP contribution in [-0.4, -0.2) is 44.4 Å². The van der Waals surface area contributed by atoms with E-state index in [2.05, 4.69) is 25.8 Å². The minimum Gasteiger partial charge on any atom is -0.495 e. The molecule has 0 aliphatic heterocycles. The van der Waals surface area contributed by atoms with Crippen LogP contribution in [0.25, 0.3) is 5.69 Å². The minimum absolute atomic E-state index is 0.114. The Morgan fingerprint density at radius 2 is 1.88 bits per heavy atom. The van der Waals surface area contributed by atoms with Crippen LogP contribution >= 0.6 is 23.1 Å². The lowest BCUT2D eigenvalue weighted by Gasteiger charge is -2.14. The average molecular weight is 481 g/mol. The van der Waals surface area contributed by atoms with Crippen LogP contribution in [0.1, 0.15) is 16.2 Å². The maximum absolute atomic E-state index is 12.5. The van der Waals surface area contributed by atoms with Crippen molar-refractivity contribution in [2.45, 2.75) is 11.7 Å². The number of hydrogen-bond donors (Lipinski definition) is 2. The zero-order valence-electron chi connectivity index (χ0n) is 17.6. The van der Waals surface area contributed by atoms with Crippen LogP contribution in [0.3, 0.4) is 0 Å². The maximum atomic E-state index is 12.5. The Bertz CT molecular complexity index is 1230. The molecule has 2 amide bonds. The molecule has 2 aromatic carbocycles. The minimum atomic E-state index is -0.220. The summed E-state index contributed by atoms with van der Waals surface area (Å²) in [6.45, 7) is 0.143. The van der Waals surface area contributed by atoms with Gasteiger partial charge in [-0.2, -0.15) is 0 Å². The summed E-state index contributed by atoms with van der Waals surface area (Å²) in [5, 5.41) is 17.0. The van der Waals surface area contributed by atoms with Gasteiger partial charge in [-0.25, -0.2) is 4.98 Å². The largest absolute Gasteiger partial charge is 0.495 e. The summed E-state index contributed by atoms with van der Waals surface area (Å²) < 4.78 is 7.29. The molecule has 0 unspecified atom stereocenters. The van der Waals surface area contributed by atoms with E-state index >= 15 is 0 Å². The molecule has 4 aromatic rings. The lowest BCUT2D eigenvalue weighted by atomic mass is 10.2. The van der Waals surface area contributed by atoms with E-state index in [1.165, 1.54) is 23.1 Å². The number of methoxy groups -OCH3 is 1. The van der Waals surface area contributed by atoms with Crippen LogP contribution in [0.4, 0.5) is 5.13 Å². The molecular weight excluding hydrogens is 460 g/mol. The van der Waals surface area contributed by atoms with Gasteiger partial charge in [-0.15, -0.1) is 21.5 Å². The number of nitrogens with zero attached hydrogens (tertiary/aromatic N) is 4. The molecule has 11 heteroatoms. The smallest absolute Gasteiger partial charge is 0.251 e. The highest BCUT2D eigenvalue weighted by Crippen LogP contribution is 2.28. The van der Waals surface area contributed by atoms with Crippen LogP contribution in [-0.2, 0) is 11.3 Å². The highest BCUT2D eigenvalue weighted by atomic mass is 32.2. The molecule has 33 heavy (non-hydrogen) atoms. The normalized spacial score (nSPS) is 10.6. The number of ether oxygens (including phenoxy) is 1. The van der Waals surface area contributed by atoms with Crippen molar-refractivity contribution in [2.24, 2.45) is 0 Å². The molecule has 9 nitrogen and oxygen atoms in total. The van der Waals surface area contributed by atoms with Gasteiger partial charge < -0.3 is 15.4 Å². The van der Waals surface area contributed by atoms with Gasteiger partial charge in [0.1, 0.15) is 5.75 Å². The Morgan fingerprint density at radius 1 is 1.09 bits per heavy atom. The number of rotatable bonds is 9. The number of thiazole rings is 1. The van der Waals surface area contributed by atoms with E-state index in [4.69, 9.17) is 4.74 Å². The molecule has 2 heterocycles. The number of amides is 2. The topological polar surface area (TPSA) is 111 Å². The number of anilines is 1. The van der Waals surface area contributed by atoms with Crippen LogP contribution in [0.2, 0.25) is 0 Å². The van der Waals surface area contributed by atoms with Gasteiger partial charge in [0.2, 0.25) is 5.91 Å². The second kappa shape index (κ2) is 10.7. The van der Waals surface area contributed by atoms with Crippen LogP contribution in [0.15, 0.2) is 71.3 Å². The molecule has 0 aliphatic carbocycles. The predicted molar refractivity (Wildman–Crippen MR) is 127 cm³/mol. The summed E-state index contributed by atoms with van der Waals surface area (Å²) in [6, 6.07) is 16.4. The lowest BCUT2D eigenvalue weighted by Crippen LogP contribution is -2.24. The average Bonchev–Trinajstić information content (AvgIpc) is 3.51. The SMILES string of the molecule is COc1ccccc1-n1c(CNC(=O)c2ccccc2)nnc1SCC(=O)Nc1nccs1. The summed E-state index contributed by atoms with van der Waals surface area (Å²) in [6.07, 6.45) is 1.63. The number of nitrogens with one attached hydrogen (secondary N) is 2. The fourth-order valence-electron chi connectivity index (χ4n) is 2.99.